The average molecular weight is 785 g/mol. The minimum atomic E-state index is 0.833. The van der Waals surface area contributed by atoms with Crippen molar-refractivity contribution in [2.75, 3.05) is 0 Å². The van der Waals surface area contributed by atoms with Crippen LogP contribution in [0.15, 0.2) is 0 Å². The Morgan fingerprint density at radius 2 is 0.172 bits per heavy atom. The third-order valence-electron chi connectivity index (χ3n) is 3.69. The quantitative estimate of drug-likeness (QED) is 0.332. The van der Waals surface area contributed by atoms with Crippen LogP contribution in [0.5, 0.6) is 0 Å². The Morgan fingerprint density at radius 1 is 0.125 bits per heavy atom. The van der Waals surface area contributed by atoms with E-state index in [1.54, 1.807) is 13.8 Å². The molecule has 0 saturated carbocycles. The molecule has 0 aliphatic rings. The second kappa shape index (κ2) is 52.3. The van der Waals surface area contributed by atoms with Gasteiger partial charge >= 0.3 is 0 Å². The maximum atomic E-state index is 2.63. The molecule has 0 saturated heterocycles. The van der Waals surface area contributed by atoms with Crippen LogP contribution in [-0.2, 0) is 0 Å². The van der Waals surface area contributed by atoms with Crippen molar-refractivity contribution in [1.29, 1.82) is 0 Å². The second-order valence-corrected chi connectivity index (χ2v) is 9.23. The van der Waals surface area contributed by atoms with Crippen LogP contribution < -0.4 is 0 Å². The first-order valence-electron chi connectivity index (χ1n) is 17.0. The molecule has 0 aliphatic heterocycles. The van der Waals surface area contributed by atoms with Crippen molar-refractivity contribution in [1.82, 2.24) is 0 Å². The zero-order valence-corrected chi connectivity index (χ0v) is 34.6. The summed E-state index contributed by atoms with van der Waals surface area (Å²) < 4.78 is 0. The van der Waals surface area contributed by atoms with E-state index in [0.29, 0.717) is 0 Å². The van der Waals surface area contributed by atoms with Crippen LogP contribution in [0.25, 0.3) is 0 Å². The fourth-order valence-electron chi connectivity index (χ4n) is 1.81. The molecule has 0 heteroatoms. The Morgan fingerprint density at radius 3 is 0.219 bits per heavy atom. The van der Waals surface area contributed by atoms with Crippen molar-refractivity contribution >= 4 is 0 Å². The zero-order chi connectivity index (χ0) is 46.6. The molecule has 0 aliphatic carbocycles. The lowest BCUT2D eigenvalue weighted by molar-refractivity contribution is 0.737. The highest BCUT2D eigenvalue weighted by molar-refractivity contribution is 5.51. The standard InChI is InChI=1S/C60H6.C4H10/c1-3-5-7-9-11-13-15-17-19-21-23-25-27-29-31-33-35-37-39-41-43-45-47-49-51-53-55-57-59-60-58-56-54-52-50-48-46-44-42-40-38-36-34-32-30-28-26-24-22-20-18-16-14-12-10-8-6-4-2;1-4(2)3/h1-2H3;4H,1-3H3. The summed E-state index contributed by atoms with van der Waals surface area (Å²) in [5.74, 6) is 146. The highest BCUT2D eigenvalue weighted by atomic mass is 13.7. The molecule has 64 heavy (non-hydrogen) atoms. The Bertz CT molecular complexity index is 3570. The molecule has 0 atom stereocenters. The molecule has 0 amide bonds. The van der Waals surface area contributed by atoms with Gasteiger partial charge in [-0.3, -0.25) is 0 Å². The molecule has 0 aromatic rings. The molecule has 0 unspecified atom stereocenters. The van der Waals surface area contributed by atoms with Gasteiger partial charge in [0.2, 0.25) is 0 Å². The van der Waals surface area contributed by atoms with Crippen LogP contribution in [0.1, 0.15) is 34.6 Å². The van der Waals surface area contributed by atoms with E-state index >= 15 is 0 Å². The second-order valence-electron chi connectivity index (χ2n) is 9.23. The molecular weight excluding hydrogens is 769 g/mol. The van der Waals surface area contributed by atoms with E-state index in [1.807, 2.05) is 0 Å². The maximum absolute atomic E-state index is 2.63. The number of hydrogen-bond donors (Lipinski definition) is 0. The zero-order valence-electron chi connectivity index (χ0n) is 34.6. The molecule has 0 aromatic heterocycles. The van der Waals surface area contributed by atoms with Crippen molar-refractivity contribution in [3.05, 3.63) is 0 Å². The van der Waals surface area contributed by atoms with E-state index in [9.17, 15) is 0 Å². The van der Waals surface area contributed by atoms with E-state index in [4.69, 9.17) is 0 Å². The van der Waals surface area contributed by atoms with Crippen molar-refractivity contribution in [2.45, 2.75) is 34.6 Å². The normalized spacial score (nSPS) is 4.28. The SMILES string of the molecule is CC#CC#CC#CC#CC#CC#CC#CC#CC#CC#CC#CC#CC#CC#CC#CC#CC#CC#CC#CC#CC#CC#CC#CC#CC#CC#CC#CC#CC#CC.CC(C)C. The van der Waals surface area contributed by atoms with Crippen LogP contribution in [0.3, 0.4) is 0 Å². The third kappa shape index (κ3) is 58.5. The lowest BCUT2D eigenvalue weighted by Gasteiger charge is -1.79. The predicted molar refractivity (Wildman–Crippen MR) is 257 cm³/mol. The molecule has 0 heterocycles. The molecule has 0 fully saturated rings. The molecule has 0 bridgehead atoms. The first kappa shape index (κ1) is 53.3. The van der Waals surface area contributed by atoms with Gasteiger partial charge < -0.3 is 0 Å². The molecule has 0 N–H and O–H groups in total. The fraction of sp³-hybridized carbons (Fsp3) is 0.0938. The Labute approximate surface area is 382 Å². The van der Waals surface area contributed by atoms with Gasteiger partial charge in [0.15, 0.2) is 0 Å². The summed E-state index contributed by atoms with van der Waals surface area (Å²) in [6.07, 6.45) is 0. The van der Waals surface area contributed by atoms with Gasteiger partial charge in [0.1, 0.15) is 0 Å². The summed E-state index contributed by atoms with van der Waals surface area (Å²) in [6.45, 7) is 9.87. The van der Waals surface area contributed by atoms with E-state index < -0.39 is 0 Å². The molecule has 0 nitrogen and oxygen atoms in total. The van der Waals surface area contributed by atoms with E-state index in [2.05, 4.69) is 364 Å². The van der Waals surface area contributed by atoms with Gasteiger partial charge in [0.25, 0.3) is 0 Å². The van der Waals surface area contributed by atoms with Crippen LogP contribution in [0.2, 0.25) is 0 Å². The van der Waals surface area contributed by atoms with Crippen LogP contribution in [-0.4, -0.2) is 0 Å². The molecule has 272 valence electrons. The third-order valence-corrected chi connectivity index (χ3v) is 3.69. The summed E-state index contributed by atoms with van der Waals surface area (Å²) in [6, 6.07) is 0. The largest absolute Gasteiger partial charge is 0.0925 e. The van der Waals surface area contributed by atoms with Crippen LogP contribution in [0, 0.1) is 349 Å². The summed E-state index contributed by atoms with van der Waals surface area (Å²) in [4.78, 5) is 0. The number of rotatable bonds is 0. The molecule has 0 spiro atoms. The van der Waals surface area contributed by atoms with Gasteiger partial charge in [-0.1, -0.05) is 32.6 Å². The van der Waals surface area contributed by atoms with Gasteiger partial charge in [0, 0.05) is 237 Å². The maximum Gasteiger partial charge on any atom is 0 e. The topological polar surface area (TPSA) is 0 Å². The highest BCUT2D eigenvalue weighted by Crippen LogP contribution is 1.81. The smallest absolute Gasteiger partial charge is 0 e. The Balaban J connectivity index is 0. The lowest BCUT2D eigenvalue weighted by Crippen LogP contribution is -1.66. The molecular formula is C64H16. The average Bonchev–Trinajstić information content (AvgIpc) is 3.28. The van der Waals surface area contributed by atoms with Crippen LogP contribution in [0.4, 0.5) is 0 Å². The van der Waals surface area contributed by atoms with Crippen molar-refractivity contribution in [2.24, 2.45) is 5.92 Å². The van der Waals surface area contributed by atoms with Gasteiger partial charge in [-0.2, -0.15) is 0 Å². The van der Waals surface area contributed by atoms with Crippen molar-refractivity contribution in [3.63, 3.8) is 0 Å². The first-order chi connectivity index (χ1) is 31.6. The minimum absolute atomic E-state index is 0.833. The fourth-order valence-corrected chi connectivity index (χ4v) is 1.81. The van der Waals surface area contributed by atoms with E-state index in [1.165, 1.54) is 0 Å². The lowest BCUT2D eigenvalue weighted by atomic mass is 10.3. The van der Waals surface area contributed by atoms with Crippen molar-refractivity contribution < 1.29 is 0 Å². The van der Waals surface area contributed by atoms with Gasteiger partial charge in [-0.15, -0.1) is 0 Å². The van der Waals surface area contributed by atoms with Crippen LogP contribution >= 0.6 is 0 Å². The monoisotopic (exact) mass is 784 g/mol. The highest BCUT2D eigenvalue weighted by Gasteiger charge is 1.68. The summed E-state index contributed by atoms with van der Waals surface area (Å²) >= 11 is 0. The Kier molecular flexibility index (Phi) is 43.6. The minimum Gasteiger partial charge on any atom is -0.0925 e. The summed E-state index contributed by atoms with van der Waals surface area (Å²) in [5.41, 5.74) is 0. The molecule has 0 aromatic carbocycles. The van der Waals surface area contributed by atoms with Crippen molar-refractivity contribution in [3.8, 4) is 343 Å². The van der Waals surface area contributed by atoms with Gasteiger partial charge in [-0.25, -0.2) is 0 Å². The molecule has 0 radical (unpaired) electrons. The summed E-state index contributed by atoms with van der Waals surface area (Å²) in [5, 5.41) is 0. The predicted octanol–water partition coefficient (Wildman–Crippen LogP) is 2.79. The Hall–Kier alpha value is -12.8. The van der Waals surface area contributed by atoms with Gasteiger partial charge in [-0.05, 0) is 114 Å². The van der Waals surface area contributed by atoms with E-state index in [-0.39, 0.29) is 0 Å². The van der Waals surface area contributed by atoms with Gasteiger partial charge in [0.05, 0.1) is 0 Å². The molecule has 0 rings (SSSR count). The first-order valence-corrected chi connectivity index (χ1v) is 17.0. The summed E-state index contributed by atoms with van der Waals surface area (Å²) in [7, 11) is 0. The number of hydrogen-bond acceptors (Lipinski definition) is 0. The van der Waals surface area contributed by atoms with E-state index in [0.717, 1.165) is 5.92 Å².